The molecule has 0 saturated carbocycles. The standard InChI is InChI=1S/C11H6F5N3OS/c12-2-4-1-6(20)18-11(17-4)21-3-5-7(13)9(15)19-10(16)8(5)14/h1H,2-3H2,(H,17,18,20). The summed E-state index contributed by atoms with van der Waals surface area (Å²) in [5.41, 5.74) is -1.72. The van der Waals surface area contributed by atoms with Crippen molar-refractivity contribution in [3.63, 3.8) is 0 Å². The fourth-order valence-electron chi connectivity index (χ4n) is 1.42. The van der Waals surface area contributed by atoms with Gasteiger partial charge in [0.15, 0.2) is 16.8 Å². The minimum Gasteiger partial charge on any atom is -0.301 e. The van der Waals surface area contributed by atoms with Crippen molar-refractivity contribution in [2.24, 2.45) is 0 Å². The fraction of sp³-hybridized carbons (Fsp3) is 0.182. The number of halogens is 5. The molecule has 10 heteroatoms. The molecule has 0 bridgehead atoms. The van der Waals surface area contributed by atoms with Gasteiger partial charge in [0.2, 0.25) is 0 Å². The number of thioether (sulfide) groups is 1. The highest BCUT2D eigenvalue weighted by Gasteiger charge is 2.21. The van der Waals surface area contributed by atoms with E-state index in [1.807, 2.05) is 0 Å². The molecule has 0 aromatic carbocycles. The lowest BCUT2D eigenvalue weighted by Crippen LogP contribution is -2.10. The summed E-state index contributed by atoms with van der Waals surface area (Å²) in [6.45, 7) is -1.00. The number of hydrogen-bond acceptors (Lipinski definition) is 4. The Morgan fingerprint density at radius 1 is 1.10 bits per heavy atom. The van der Waals surface area contributed by atoms with Crippen LogP contribution in [0.2, 0.25) is 0 Å². The number of pyridine rings is 1. The monoisotopic (exact) mass is 323 g/mol. The summed E-state index contributed by atoms with van der Waals surface area (Å²) in [6, 6.07) is 0.914. The van der Waals surface area contributed by atoms with Gasteiger partial charge in [-0.05, 0) is 0 Å². The highest BCUT2D eigenvalue weighted by Crippen LogP contribution is 2.24. The topological polar surface area (TPSA) is 58.6 Å². The molecule has 0 aliphatic heterocycles. The van der Waals surface area contributed by atoms with E-state index in [9.17, 15) is 26.7 Å². The molecule has 0 spiro atoms. The van der Waals surface area contributed by atoms with E-state index in [2.05, 4.69) is 15.0 Å². The molecule has 2 aromatic heterocycles. The minimum absolute atomic E-state index is 0.133. The fourth-order valence-corrected chi connectivity index (χ4v) is 2.31. The molecule has 2 rings (SSSR count). The average molecular weight is 323 g/mol. The third-order valence-corrected chi connectivity index (χ3v) is 3.25. The molecule has 0 aliphatic carbocycles. The first-order valence-electron chi connectivity index (χ1n) is 5.40. The minimum atomic E-state index is -1.77. The number of nitrogens with one attached hydrogen (secondary N) is 1. The van der Waals surface area contributed by atoms with Crippen molar-refractivity contribution in [1.82, 2.24) is 15.0 Å². The molecule has 0 unspecified atom stereocenters. The zero-order valence-corrected chi connectivity index (χ0v) is 10.9. The van der Waals surface area contributed by atoms with E-state index >= 15 is 0 Å². The van der Waals surface area contributed by atoms with E-state index < -0.39 is 47.1 Å². The van der Waals surface area contributed by atoms with Gasteiger partial charge in [0.1, 0.15) is 6.67 Å². The first-order chi connectivity index (χ1) is 9.92. The summed E-state index contributed by atoms with van der Waals surface area (Å²) in [6.07, 6.45) is 0. The number of hydrogen-bond donors (Lipinski definition) is 1. The quantitative estimate of drug-likeness (QED) is 0.406. The number of alkyl halides is 1. The van der Waals surface area contributed by atoms with Crippen LogP contribution >= 0.6 is 11.8 Å². The largest absolute Gasteiger partial charge is 0.301 e. The Bertz CT molecular complexity index is 710. The summed E-state index contributed by atoms with van der Waals surface area (Å²) in [4.78, 5) is 19.4. The zero-order chi connectivity index (χ0) is 15.6. The van der Waals surface area contributed by atoms with Gasteiger partial charge in [0.25, 0.3) is 17.5 Å². The number of rotatable bonds is 4. The van der Waals surface area contributed by atoms with Crippen molar-refractivity contribution in [1.29, 1.82) is 0 Å². The Kier molecular flexibility index (Phi) is 4.56. The van der Waals surface area contributed by atoms with Crippen molar-refractivity contribution in [3.8, 4) is 0 Å². The van der Waals surface area contributed by atoms with Crippen LogP contribution in [0.4, 0.5) is 22.0 Å². The molecule has 1 N–H and O–H groups in total. The van der Waals surface area contributed by atoms with Crippen LogP contribution in [0.5, 0.6) is 0 Å². The van der Waals surface area contributed by atoms with Crippen LogP contribution in [0.25, 0.3) is 0 Å². The van der Waals surface area contributed by atoms with Gasteiger partial charge < -0.3 is 4.98 Å². The first kappa shape index (κ1) is 15.4. The van der Waals surface area contributed by atoms with E-state index in [1.54, 1.807) is 0 Å². The SMILES string of the molecule is O=c1cc(CF)nc(SCc2c(F)c(F)nc(F)c2F)[nH]1. The van der Waals surface area contributed by atoms with Crippen LogP contribution in [0.3, 0.4) is 0 Å². The van der Waals surface area contributed by atoms with E-state index in [1.165, 1.54) is 0 Å². The molecule has 0 fully saturated rings. The van der Waals surface area contributed by atoms with E-state index in [0.29, 0.717) is 11.8 Å². The lowest BCUT2D eigenvalue weighted by atomic mass is 10.3. The molecule has 0 amide bonds. The Morgan fingerprint density at radius 3 is 2.29 bits per heavy atom. The third kappa shape index (κ3) is 3.38. The van der Waals surface area contributed by atoms with E-state index in [0.717, 1.165) is 6.07 Å². The Labute approximate surface area is 118 Å². The number of H-pyrrole nitrogens is 1. The predicted octanol–water partition coefficient (Wildman–Crippen LogP) is 2.48. The van der Waals surface area contributed by atoms with Crippen molar-refractivity contribution in [2.45, 2.75) is 17.6 Å². The highest BCUT2D eigenvalue weighted by molar-refractivity contribution is 7.98. The molecule has 0 radical (unpaired) electrons. The van der Waals surface area contributed by atoms with E-state index in [4.69, 9.17) is 0 Å². The molecule has 0 saturated heterocycles. The van der Waals surface area contributed by atoms with Crippen LogP contribution in [0, 0.1) is 23.5 Å². The smallest absolute Gasteiger partial charge is 0.252 e. The van der Waals surface area contributed by atoms with Crippen LogP contribution in [-0.4, -0.2) is 15.0 Å². The van der Waals surface area contributed by atoms with Crippen LogP contribution in [0.15, 0.2) is 16.0 Å². The number of aromatic nitrogens is 3. The van der Waals surface area contributed by atoms with Crippen LogP contribution in [-0.2, 0) is 12.4 Å². The molecule has 2 aromatic rings. The van der Waals surface area contributed by atoms with Crippen molar-refractivity contribution in [2.75, 3.05) is 0 Å². The third-order valence-electron chi connectivity index (χ3n) is 2.35. The molecule has 2 heterocycles. The van der Waals surface area contributed by atoms with Gasteiger partial charge in [-0.1, -0.05) is 11.8 Å². The molecule has 4 nitrogen and oxygen atoms in total. The first-order valence-corrected chi connectivity index (χ1v) is 6.38. The van der Waals surface area contributed by atoms with E-state index in [-0.39, 0.29) is 10.9 Å². The Balaban J connectivity index is 2.28. The predicted molar refractivity (Wildman–Crippen MR) is 63.3 cm³/mol. The summed E-state index contributed by atoms with van der Waals surface area (Å²) >= 11 is 0.589. The van der Waals surface area contributed by atoms with Crippen molar-refractivity contribution < 1.29 is 22.0 Å². The molecule has 112 valence electrons. The van der Waals surface area contributed by atoms with Gasteiger partial charge in [-0.3, -0.25) is 4.79 Å². The lowest BCUT2D eigenvalue weighted by molar-refractivity contribution is 0.399. The highest BCUT2D eigenvalue weighted by atomic mass is 32.2. The van der Waals surface area contributed by atoms with Crippen molar-refractivity contribution in [3.05, 3.63) is 51.2 Å². The second-order valence-corrected chi connectivity index (χ2v) is 4.73. The maximum absolute atomic E-state index is 13.4. The van der Waals surface area contributed by atoms with Gasteiger partial charge in [-0.15, -0.1) is 0 Å². The maximum Gasteiger partial charge on any atom is 0.252 e. The molecule has 21 heavy (non-hydrogen) atoms. The van der Waals surface area contributed by atoms with Gasteiger partial charge in [0, 0.05) is 17.4 Å². The van der Waals surface area contributed by atoms with Gasteiger partial charge >= 0.3 is 0 Å². The van der Waals surface area contributed by atoms with Gasteiger partial charge in [-0.25, -0.2) is 18.2 Å². The normalized spacial score (nSPS) is 10.9. The molecule has 0 aliphatic rings. The number of nitrogens with zero attached hydrogens (tertiary/aromatic N) is 2. The maximum atomic E-state index is 13.4. The summed E-state index contributed by atoms with van der Waals surface area (Å²) < 4.78 is 65.0. The molecular formula is C11H6F5N3OS. The Hall–Kier alpha value is -1.97. The summed E-state index contributed by atoms with van der Waals surface area (Å²) in [7, 11) is 0. The number of aromatic amines is 1. The summed E-state index contributed by atoms with van der Waals surface area (Å²) in [5, 5.41) is -0.133. The zero-order valence-electron chi connectivity index (χ0n) is 10.1. The second-order valence-electron chi connectivity index (χ2n) is 3.76. The summed E-state index contributed by atoms with van der Waals surface area (Å²) in [5.74, 6) is -7.38. The second kappa shape index (κ2) is 6.20. The Morgan fingerprint density at radius 2 is 1.71 bits per heavy atom. The lowest BCUT2D eigenvalue weighted by Gasteiger charge is -2.06. The van der Waals surface area contributed by atoms with Crippen LogP contribution < -0.4 is 5.56 Å². The van der Waals surface area contributed by atoms with Crippen molar-refractivity contribution >= 4 is 11.8 Å². The van der Waals surface area contributed by atoms with Crippen LogP contribution in [0.1, 0.15) is 11.3 Å². The molecule has 0 atom stereocenters. The van der Waals surface area contributed by atoms with Gasteiger partial charge in [0.05, 0.1) is 5.69 Å². The van der Waals surface area contributed by atoms with Gasteiger partial charge in [-0.2, -0.15) is 13.8 Å². The molecular weight excluding hydrogens is 317 g/mol. The average Bonchev–Trinajstić information content (AvgIpc) is 2.44.